The first-order chi connectivity index (χ1) is 18.8. The number of esters is 2. The van der Waals surface area contributed by atoms with Crippen molar-refractivity contribution in [2.45, 2.75) is 46.0 Å². The maximum absolute atomic E-state index is 14.4. The van der Waals surface area contributed by atoms with Crippen molar-refractivity contribution >= 4 is 17.7 Å². The summed E-state index contributed by atoms with van der Waals surface area (Å²) < 4.78 is 21.8. The topological polar surface area (TPSA) is 100 Å². The van der Waals surface area contributed by atoms with Crippen molar-refractivity contribution in [2.24, 2.45) is 5.92 Å². The first-order valence-corrected chi connectivity index (χ1v) is 13.3. The van der Waals surface area contributed by atoms with Crippen LogP contribution in [0.4, 0.5) is 0 Å². The van der Waals surface area contributed by atoms with Crippen molar-refractivity contribution in [3.63, 3.8) is 0 Å². The molecule has 1 aliphatic heterocycles. The lowest BCUT2D eigenvalue weighted by Gasteiger charge is -2.39. The predicted molar refractivity (Wildman–Crippen MR) is 145 cm³/mol. The Morgan fingerprint density at radius 2 is 1.64 bits per heavy atom. The summed E-state index contributed by atoms with van der Waals surface area (Å²) in [7, 11) is 1.57. The number of methoxy groups -OCH3 is 1. The van der Waals surface area contributed by atoms with Crippen molar-refractivity contribution < 1.29 is 33.3 Å². The molecule has 3 atom stereocenters. The van der Waals surface area contributed by atoms with Gasteiger partial charge in [-0.05, 0) is 69.5 Å². The van der Waals surface area contributed by atoms with Crippen LogP contribution >= 0.6 is 0 Å². The molecule has 0 fully saturated rings. The van der Waals surface area contributed by atoms with Gasteiger partial charge in [-0.2, -0.15) is 0 Å². The molecule has 0 saturated heterocycles. The Bertz CT molecular complexity index is 1310. The van der Waals surface area contributed by atoms with Gasteiger partial charge in [-0.3, -0.25) is 9.59 Å². The summed E-state index contributed by atoms with van der Waals surface area (Å²) in [5.41, 5.74) is 3.53. The van der Waals surface area contributed by atoms with Gasteiger partial charge >= 0.3 is 11.9 Å². The smallest absolute Gasteiger partial charge is 0.336 e. The average Bonchev–Trinajstić information content (AvgIpc) is 2.93. The molecule has 0 bridgehead atoms. The highest BCUT2D eigenvalue weighted by Crippen LogP contribution is 2.48. The largest absolute Gasteiger partial charge is 0.497 e. The van der Waals surface area contributed by atoms with Gasteiger partial charge in [0.2, 0.25) is 0 Å². The van der Waals surface area contributed by atoms with E-state index in [1.165, 1.54) is 0 Å². The Kier molecular flexibility index (Phi) is 8.74. The second-order valence-corrected chi connectivity index (χ2v) is 9.39. The van der Waals surface area contributed by atoms with Crippen LogP contribution in [0, 0.1) is 5.92 Å². The van der Waals surface area contributed by atoms with Gasteiger partial charge in [-0.25, -0.2) is 4.79 Å². The number of ketones is 1. The number of dihydropyridines is 1. The summed E-state index contributed by atoms with van der Waals surface area (Å²) in [6.07, 6.45) is 0.374. The maximum Gasteiger partial charge on any atom is 0.336 e. The van der Waals surface area contributed by atoms with Crippen molar-refractivity contribution in [1.82, 2.24) is 5.32 Å². The van der Waals surface area contributed by atoms with Gasteiger partial charge in [0.1, 0.15) is 17.4 Å². The summed E-state index contributed by atoms with van der Waals surface area (Å²) >= 11 is 0. The fourth-order valence-electron chi connectivity index (χ4n) is 5.46. The van der Waals surface area contributed by atoms with Crippen molar-refractivity contribution in [3.8, 4) is 11.5 Å². The molecule has 206 valence electrons. The number of carbonyl (C=O) groups is 3. The molecular weight excluding hydrogens is 498 g/mol. The van der Waals surface area contributed by atoms with Gasteiger partial charge in [0.15, 0.2) is 5.78 Å². The zero-order chi connectivity index (χ0) is 28.1. The number of carbonyl (C=O) groups excluding carboxylic acids is 3. The van der Waals surface area contributed by atoms with Gasteiger partial charge in [0.05, 0.1) is 32.5 Å². The molecule has 0 radical (unpaired) electrons. The Morgan fingerprint density at radius 3 is 2.28 bits per heavy atom. The highest BCUT2D eigenvalue weighted by atomic mass is 16.5. The molecule has 1 N–H and O–H groups in total. The molecule has 0 unspecified atom stereocenters. The summed E-state index contributed by atoms with van der Waals surface area (Å²) in [6.45, 7) is 8.01. The normalized spacial score (nSPS) is 20.6. The Morgan fingerprint density at radius 1 is 0.923 bits per heavy atom. The van der Waals surface area contributed by atoms with E-state index in [0.29, 0.717) is 47.1 Å². The fourth-order valence-corrected chi connectivity index (χ4v) is 5.46. The SMILES string of the molecule is CCOC(=O)C1=C(C)NC2=C(C(=O)[C@@H](C(=O)OCC)[C@@H](c3cccc(OC)c3)C2)[C@@H]1c1ccc(OCC)cc1. The molecule has 39 heavy (non-hydrogen) atoms. The number of hydrogen-bond donors (Lipinski definition) is 1. The van der Waals surface area contributed by atoms with E-state index in [1.54, 1.807) is 27.9 Å². The molecule has 8 nitrogen and oxygen atoms in total. The van der Waals surface area contributed by atoms with Crippen LogP contribution in [-0.4, -0.2) is 44.7 Å². The third-order valence-corrected chi connectivity index (χ3v) is 7.10. The number of Topliss-reactive ketones (excluding diaryl/α,β-unsaturated/α-hetero) is 1. The second kappa shape index (κ2) is 12.2. The van der Waals surface area contributed by atoms with Gasteiger partial charge in [0, 0.05) is 28.8 Å². The van der Waals surface area contributed by atoms with Crippen LogP contribution in [0.2, 0.25) is 0 Å². The van der Waals surface area contributed by atoms with E-state index in [4.69, 9.17) is 18.9 Å². The minimum Gasteiger partial charge on any atom is -0.497 e. The summed E-state index contributed by atoms with van der Waals surface area (Å²) in [5.74, 6) is -2.43. The van der Waals surface area contributed by atoms with Crippen molar-refractivity contribution in [3.05, 3.63) is 82.2 Å². The predicted octanol–water partition coefficient (Wildman–Crippen LogP) is 4.81. The third kappa shape index (κ3) is 5.55. The lowest BCUT2D eigenvalue weighted by atomic mass is 9.67. The Hall–Kier alpha value is -4.07. The minimum absolute atomic E-state index is 0.146. The van der Waals surface area contributed by atoms with Crippen LogP contribution in [0.15, 0.2) is 71.1 Å². The first-order valence-electron chi connectivity index (χ1n) is 13.3. The molecule has 2 aliphatic rings. The van der Waals surface area contributed by atoms with E-state index in [-0.39, 0.29) is 19.0 Å². The van der Waals surface area contributed by atoms with Crippen LogP contribution < -0.4 is 14.8 Å². The van der Waals surface area contributed by atoms with Crippen LogP contribution in [0.5, 0.6) is 11.5 Å². The molecule has 0 amide bonds. The van der Waals surface area contributed by atoms with Crippen LogP contribution in [0.3, 0.4) is 0 Å². The van der Waals surface area contributed by atoms with E-state index in [9.17, 15) is 14.4 Å². The van der Waals surface area contributed by atoms with Gasteiger partial charge in [-0.15, -0.1) is 0 Å². The third-order valence-electron chi connectivity index (χ3n) is 7.10. The summed E-state index contributed by atoms with van der Waals surface area (Å²) in [6, 6.07) is 14.7. The molecule has 0 aromatic heterocycles. The highest BCUT2D eigenvalue weighted by Gasteiger charge is 2.49. The zero-order valence-corrected chi connectivity index (χ0v) is 23.0. The quantitative estimate of drug-likeness (QED) is 0.362. The van der Waals surface area contributed by atoms with Gasteiger partial charge < -0.3 is 24.3 Å². The molecule has 0 spiro atoms. The number of nitrogens with one attached hydrogen (secondary N) is 1. The van der Waals surface area contributed by atoms with Crippen LogP contribution in [0.1, 0.15) is 57.1 Å². The molecule has 2 aromatic carbocycles. The summed E-state index contributed by atoms with van der Waals surface area (Å²) in [5, 5.41) is 3.32. The number of ether oxygens (including phenoxy) is 4. The summed E-state index contributed by atoms with van der Waals surface area (Å²) in [4.78, 5) is 40.9. The van der Waals surface area contributed by atoms with Crippen LogP contribution in [-0.2, 0) is 23.9 Å². The number of benzene rings is 2. The maximum atomic E-state index is 14.4. The standard InChI is InChI=1S/C31H35NO7/c1-6-37-21-14-12-19(13-15-21)26-25(30(34)38-7-2)18(4)32-24-17-23(20-10-9-11-22(16-20)36-5)27(29(33)28(24)26)31(35)39-8-3/h9-16,23,26-27,32H,6-8,17H2,1-5H3/t23-,26-,27+/m1/s1. The number of hydrogen-bond acceptors (Lipinski definition) is 8. The average molecular weight is 534 g/mol. The Labute approximate surface area is 229 Å². The minimum atomic E-state index is -1.08. The molecule has 8 heteroatoms. The van der Waals surface area contributed by atoms with Crippen molar-refractivity contribution in [1.29, 1.82) is 0 Å². The zero-order valence-electron chi connectivity index (χ0n) is 23.0. The molecule has 2 aromatic rings. The van der Waals surface area contributed by atoms with E-state index < -0.39 is 29.7 Å². The monoisotopic (exact) mass is 533 g/mol. The van der Waals surface area contributed by atoms with E-state index in [1.807, 2.05) is 55.5 Å². The second-order valence-electron chi connectivity index (χ2n) is 9.39. The lowest BCUT2D eigenvalue weighted by Crippen LogP contribution is -2.43. The molecule has 1 heterocycles. The van der Waals surface area contributed by atoms with E-state index in [0.717, 1.165) is 11.1 Å². The number of rotatable bonds is 9. The molecule has 1 aliphatic carbocycles. The van der Waals surface area contributed by atoms with Crippen LogP contribution in [0.25, 0.3) is 0 Å². The number of allylic oxidation sites excluding steroid dienone is 3. The van der Waals surface area contributed by atoms with Crippen molar-refractivity contribution in [2.75, 3.05) is 26.9 Å². The molecule has 4 rings (SSSR count). The van der Waals surface area contributed by atoms with E-state index in [2.05, 4.69) is 5.32 Å². The van der Waals surface area contributed by atoms with Gasteiger partial charge in [0.25, 0.3) is 0 Å². The lowest BCUT2D eigenvalue weighted by molar-refractivity contribution is -0.152. The van der Waals surface area contributed by atoms with E-state index >= 15 is 0 Å². The molecular formula is C31H35NO7. The van der Waals surface area contributed by atoms with Gasteiger partial charge in [-0.1, -0.05) is 24.3 Å². The Balaban J connectivity index is 1.88. The molecule has 0 saturated carbocycles. The fraction of sp³-hybridized carbons (Fsp3) is 0.387. The highest BCUT2D eigenvalue weighted by molar-refractivity contribution is 6.13. The first kappa shape index (κ1) is 28.0.